The predicted octanol–water partition coefficient (Wildman–Crippen LogP) is 2.28. The zero-order chi connectivity index (χ0) is 19.6. The van der Waals surface area contributed by atoms with Gasteiger partial charge in [0.05, 0.1) is 36.9 Å². The Labute approximate surface area is 156 Å². The van der Waals surface area contributed by atoms with Gasteiger partial charge in [-0.15, -0.1) is 5.10 Å². The molecule has 0 aliphatic carbocycles. The molecular weight excluding hydrogens is 348 g/mol. The highest BCUT2D eigenvalue weighted by atomic mass is 16.5. The molecule has 1 amide bonds. The summed E-state index contributed by atoms with van der Waals surface area (Å²) in [5, 5.41) is 11.2. The molecule has 0 bridgehead atoms. The van der Waals surface area contributed by atoms with Crippen molar-refractivity contribution in [3.05, 3.63) is 35.9 Å². The number of rotatable bonds is 6. The van der Waals surface area contributed by atoms with E-state index in [-0.39, 0.29) is 17.4 Å². The van der Waals surface area contributed by atoms with E-state index in [2.05, 4.69) is 25.6 Å². The molecule has 0 unspecified atom stereocenters. The number of methoxy groups -OCH3 is 1. The van der Waals surface area contributed by atoms with Gasteiger partial charge in [-0.2, -0.15) is 0 Å². The molecule has 0 spiro atoms. The maximum atomic E-state index is 12.4. The van der Waals surface area contributed by atoms with Crippen molar-refractivity contribution in [3.8, 4) is 0 Å². The quantitative estimate of drug-likeness (QED) is 0.643. The summed E-state index contributed by atoms with van der Waals surface area (Å²) < 4.78 is 6.51. The lowest BCUT2D eigenvalue weighted by Crippen LogP contribution is -2.20. The first kappa shape index (κ1) is 18.7. The molecule has 0 aliphatic rings. The second-order valence-electron chi connectivity index (χ2n) is 7.24. The number of amides is 1. The second-order valence-corrected chi connectivity index (χ2v) is 7.24. The van der Waals surface area contributed by atoms with Crippen molar-refractivity contribution in [2.75, 3.05) is 19.0 Å². The van der Waals surface area contributed by atoms with Gasteiger partial charge < -0.3 is 15.0 Å². The number of carbonyl (C=O) groups is 2. The molecule has 3 rings (SSSR count). The molecule has 0 saturated heterocycles. The topological polar surface area (TPSA) is 115 Å². The molecule has 27 heavy (non-hydrogen) atoms. The first-order valence-electron chi connectivity index (χ1n) is 8.52. The minimum absolute atomic E-state index is 0.00115. The fraction of sp³-hybridized carbons (Fsp3) is 0.389. The molecule has 142 valence electrons. The van der Waals surface area contributed by atoms with Crippen molar-refractivity contribution in [1.82, 2.24) is 25.0 Å². The highest BCUT2D eigenvalue weighted by Gasteiger charge is 2.24. The van der Waals surface area contributed by atoms with E-state index in [9.17, 15) is 9.59 Å². The van der Waals surface area contributed by atoms with Crippen molar-refractivity contribution in [2.24, 2.45) is 5.41 Å². The fourth-order valence-corrected chi connectivity index (χ4v) is 2.50. The Bertz CT molecular complexity index is 983. The first-order valence-corrected chi connectivity index (χ1v) is 8.52. The number of ether oxygens (including phenoxy) is 1. The Hall–Kier alpha value is -3.07. The van der Waals surface area contributed by atoms with Crippen LogP contribution < -0.4 is 5.32 Å². The molecule has 0 fully saturated rings. The number of Topliss-reactive ketones (excluding diaryl/α,β-unsaturated/α-hetero) is 1. The van der Waals surface area contributed by atoms with Crippen LogP contribution in [0.2, 0.25) is 0 Å². The minimum Gasteiger partial charge on any atom is -0.383 e. The molecule has 0 aliphatic heterocycles. The summed E-state index contributed by atoms with van der Waals surface area (Å²) in [5.74, 6) is -0.389. The van der Waals surface area contributed by atoms with Gasteiger partial charge in [-0.3, -0.25) is 9.59 Å². The summed E-state index contributed by atoms with van der Waals surface area (Å²) in [6, 6.07) is 3.50. The Morgan fingerprint density at radius 2 is 2.07 bits per heavy atom. The van der Waals surface area contributed by atoms with Crippen molar-refractivity contribution in [1.29, 1.82) is 0 Å². The Morgan fingerprint density at radius 3 is 2.78 bits per heavy atom. The van der Waals surface area contributed by atoms with Crippen LogP contribution in [0.5, 0.6) is 0 Å². The van der Waals surface area contributed by atoms with Crippen LogP contribution in [0.25, 0.3) is 11.0 Å². The average molecular weight is 370 g/mol. The third-order valence-electron chi connectivity index (χ3n) is 3.95. The number of aromatic amines is 1. The maximum absolute atomic E-state index is 12.4. The number of fused-ring (bicyclic) bond motifs is 1. The number of nitrogens with zero attached hydrogens (tertiary/aromatic N) is 4. The molecule has 0 atom stereocenters. The van der Waals surface area contributed by atoms with E-state index in [1.165, 1.54) is 10.9 Å². The zero-order valence-electron chi connectivity index (χ0n) is 15.7. The summed E-state index contributed by atoms with van der Waals surface area (Å²) >= 11 is 0. The molecule has 2 N–H and O–H groups in total. The summed E-state index contributed by atoms with van der Waals surface area (Å²) in [7, 11) is 1.59. The molecule has 0 radical (unpaired) electrons. The number of carbonyl (C=O) groups excluding carboxylic acids is 2. The number of hydrogen-bond acceptors (Lipinski definition) is 6. The van der Waals surface area contributed by atoms with Gasteiger partial charge in [-0.05, 0) is 12.1 Å². The van der Waals surface area contributed by atoms with Crippen molar-refractivity contribution >= 4 is 28.4 Å². The summed E-state index contributed by atoms with van der Waals surface area (Å²) in [6.45, 7) is 6.57. The molecular formula is C18H22N6O3. The smallest absolute Gasteiger partial charge is 0.277 e. The van der Waals surface area contributed by atoms with E-state index in [4.69, 9.17) is 4.74 Å². The van der Waals surface area contributed by atoms with Gasteiger partial charge in [0.2, 0.25) is 0 Å². The van der Waals surface area contributed by atoms with Crippen LogP contribution in [0.1, 0.15) is 41.7 Å². The van der Waals surface area contributed by atoms with E-state index >= 15 is 0 Å². The number of H-pyrrole nitrogens is 1. The molecule has 3 aromatic heterocycles. The Kier molecular flexibility index (Phi) is 5.04. The van der Waals surface area contributed by atoms with E-state index in [0.717, 1.165) is 5.39 Å². The molecule has 9 heteroatoms. The second kappa shape index (κ2) is 7.28. The highest BCUT2D eigenvalue weighted by Crippen LogP contribution is 2.24. The average Bonchev–Trinajstić information content (AvgIpc) is 3.24. The van der Waals surface area contributed by atoms with Gasteiger partial charge in [0.15, 0.2) is 11.5 Å². The van der Waals surface area contributed by atoms with E-state index in [1.807, 2.05) is 20.8 Å². The molecule has 0 saturated carbocycles. The van der Waals surface area contributed by atoms with E-state index in [1.54, 1.807) is 25.4 Å². The Balaban J connectivity index is 1.76. The lowest BCUT2D eigenvalue weighted by atomic mass is 9.89. The van der Waals surface area contributed by atoms with E-state index in [0.29, 0.717) is 30.2 Å². The van der Waals surface area contributed by atoms with Crippen LogP contribution in [0.15, 0.2) is 24.5 Å². The van der Waals surface area contributed by atoms with Crippen molar-refractivity contribution in [2.45, 2.75) is 27.3 Å². The van der Waals surface area contributed by atoms with Gasteiger partial charge >= 0.3 is 0 Å². The van der Waals surface area contributed by atoms with Crippen LogP contribution in [-0.2, 0) is 11.3 Å². The third kappa shape index (κ3) is 4.20. The molecule has 0 aromatic carbocycles. The first-order chi connectivity index (χ1) is 12.8. The fourth-order valence-electron chi connectivity index (χ4n) is 2.50. The number of pyridine rings is 1. The largest absolute Gasteiger partial charge is 0.383 e. The zero-order valence-corrected chi connectivity index (χ0v) is 15.7. The summed E-state index contributed by atoms with van der Waals surface area (Å²) in [5.41, 5.74) is 1.30. The van der Waals surface area contributed by atoms with Crippen LogP contribution in [0.4, 0.5) is 5.69 Å². The SMILES string of the molecule is COCCn1cc(C(=O)Nc2cnc3[nH]c(C(=O)C(C)(C)C)cc3c2)nn1. The molecule has 3 heterocycles. The standard InChI is InChI=1S/C18H22N6O3/c1-18(2,3)15(25)13-8-11-7-12(9-19-16(11)21-13)20-17(26)14-10-24(23-22-14)5-6-27-4/h7-10H,5-6H2,1-4H3,(H,19,21)(H,20,26). The van der Waals surface area contributed by atoms with Gasteiger partial charge in [0.1, 0.15) is 5.65 Å². The summed E-state index contributed by atoms with van der Waals surface area (Å²) in [4.78, 5) is 32.0. The van der Waals surface area contributed by atoms with Gasteiger partial charge in [-0.25, -0.2) is 9.67 Å². The number of ketones is 1. The third-order valence-corrected chi connectivity index (χ3v) is 3.95. The monoisotopic (exact) mass is 370 g/mol. The normalized spacial score (nSPS) is 11.7. The minimum atomic E-state index is -0.493. The van der Waals surface area contributed by atoms with Crippen molar-refractivity contribution in [3.63, 3.8) is 0 Å². The highest BCUT2D eigenvalue weighted by molar-refractivity contribution is 6.04. The number of nitrogens with one attached hydrogen (secondary N) is 2. The van der Waals surface area contributed by atoms with Gasteiger partial charge in [0, 0.05) is 17.9 Å². The molecule has 3 aromatic rings. The van der Waals surface area contributed by atoms with Crippen LogP contribution in [0, 0.1) is 5.41 Å². The number of hydrogen-bond donors (Lipinski definition) is 2. The van der Waals surface area contributed by atoms with Crippen molar-refractivity contribution < 1.29 is 14.3 Å². The van der Waals surface area contributed by atoms with E-state index < -0.39 is 5.41 Å². The molecule has 9 nitrogen and oxygen atoms in total. The number of anilines is 1. The number of aromatic nitrogens is 5. The van der Waals surface area contributed by atoms with Crippen LogP contribution in [-0.4, -0.2) is 50.4 Å². The van der Waals surface area contributed by atoms with Gasteiger partial charge in [-0.1, -0.05) is 26.0 Å². The Morgan fingerprint density at radius 1 is 1.30 bits per heavy atom. The lowest BCUT2D eigenvalue weighted by molar-refractivity contribution is 0.0853. The maximum Gasteiger partial charge on any atom is 0.277 e. The lowest BCUT2D eigenvalue weighted by Gasteiger charge is -2.14. The van der Waals surface area contributed by atoms with Gasteiger partial charge in [0.25, 0.3) is 5.91 Å². The summed E-state index contributed by atoms with van der Waals surface area (Å²) in [6.07, 6.45) is 3.08. The van der Waals surface area contributed by atoms with Crippen LogP contribution in [0.3, 0.4) is 0 Å². The predicted molar refractivity (Wildman–Crippen MR) is 99.7 cm³/mol. The van der Waals surface area contributed by atoms with Crippen LogP contribution >= 0.6 is 0 Å².